The van der Waals surface area contributed by atoms with Crippen LogP contribution in [0.3, 0.4) is 0 Å². The van der Waals surface area contributed by atoms with Gasteiger partial charge in [0, 0.05) is 23.3 Å². The maximum absolute atomic E-state index is 5.96. The Bertz CT molecular complexity index is 386. The fourth-order valence-electron chi connectivity index (χ4n) is 2.02. The third-order valence-corrected chi connectivity index (χ3v) is 3.55. The molecule has 0 unspecified atom stereocenters. The van der Waals surface area contributed by atoms with Crippen molar-refractivity contribution in [2.24, 2.45) is 5.92 Å². The van der Waals surface area contributed by atoms with Gasteiger partial charge in [0.2, 0.25) is 5.95 Å². The fourth-order valence-corrected chi connectivity index (χ4v) is 2.53. The van der Waals surface area contributed by atoms with Crippen molar-refractivity contribution in [2.45, 2.75) is 44.9 Å². The molecule has 1 aromatic rings. The van der Waals surface area contributed by atoms with Gasteiger partial charge in [-0.05, 0) is 37.7 Å². The molecule has 17 heavy (non-hydrogen) atoms. The van der Waals surface area contributed by atoms with E-state index in [1.807, 2.05) is 13.0 Å². The molecule has 0 radical (unpaired) electrons. The molecule has 1 aromatic heterocycles. The zero-order chi connectivity index (χ0) is 12.4. The summed E-state index contributed by atoms with van der Waals surface area (Å²) in [7, 11) is 0. The van der Waals surface area contributed by atoms with Crippen LogP contribution >= 0.6 is 11.6 Å². The number of hydrogen-bond acceptors (Lipinski definition) is 3. The molecule has 2 rings (SSSR count). The van der Waals surface area contributed by atoms with E-state index in [1.54, 1.807) is 0 Å². The molecular formula is C13H20ClN3. The molecule has 1 fully saturated rings. The van der Waals surface area contributed by atoms with Gasteiger partial charge < -0.3 is 5.32 Å². The summed E-state index contributed by atoms with van der Waals surface area (Å²) in [5, 5.41) is 3.70. The van der Waals surface area contributed by atoms with Crippen LogP contribution in [0.1, 0.15) is 44.0 Å². The van der Waals surface area contributed by atoms with Gasteiger partial charge in [0.05, 0.1) is 0 Å². The Hall–Kier alpha value is -0.830. The van der Waals surface area contributed by atoms with Crippen molar-refractivity contribution in [2.75, 3.05) is 11.9 Å². The standard InChI is InChI=1S/C13H20ClN3/c1-8(2)12-4-9(3)16-13(17-12)15-7-10-5-11(14)6-10/h4,8,10-11H,5-7H2,1-3H3,(H,15,16,17). The van der Waals surface area contributed by atoms with Gasteiger partial charge >= 0.3 is 0 Å². The summed E-state index contributed by atoms with van der Waals surface area (Å²) in [5.74, 6) is 1.88. The minimum Gasteiger partial charge on any atom is -0.354 e. The van der Waals surface area contributed by atoms with E-state index in [0.29, 0.717) is 17.2 Å². The van der Waals surface area contributed by atoms with Gasteiger partial charge in [-0.25, -0.2) is 9.97 Å². The Kier molecular flexibility index (Phi) is 3.87. The zero-order valence-electron chi connectivity index (χ0n) is 10.7. The van der Waals surface area contributed by atoms with E-state index >= 15 is 0 Å². The normalized spacial score (nSPS) is 23.6. The third-order valence-electron chi connectivity index (χ3n) is 3.19. The summed E-state index contributed by atoms with van der Waals surface area (Å²) in [6, 6.07) is 2.05. The molecule has 3 nitrogen and oxygen atoms in total. The van der Waals surface area contributed by atoms with E-state index in [0.717, 1.165) is 36.7 Å². The Morgan fingerprint density at radius 1 is 1.41 bits per heavy atom. The molecule has 1 aliphatic carbocycles. The number of nitrogens with zero attached hydrogens (tertiary/aromatic N) is 2. The highest BCUT2D eigenvalue weighted by molar-refractivity contribution is 6.21. The van der Waals surface area contributed by atoms with Crippen molar-refractivity contribution >= 4 is 17.5 Å². The second kappa shape index (κ2) is 5.21. The van der Waals surface area contributed by atoms with Crippen molar-refractivity contribution in [1.82, 2.24) is 9.97 Å². The van der Waals surface area contributed by atoms with Crippen LogP contribution in [-0.2, 0) is 0 Å². The van der Waals surface area contributed by atoms with Gasteiger partial charge in [-0.15, -0.1) is 11.6 Å². The second-order valence-electron chi connectivity index (χ2n) is 5.23. The van der Waals surface area contributed by atoms with E-state index in [1.165, 1.54) is 0 Å². The summed E-state index contributed by atoms with van der Waals surface area (Å²) in [5.41, 5.74) is 2.12. The monoisotopic (exact) mass is 253 g/mol. The predicted octanol–water partition coefficient (Wildman–Crippen LogP) is 3.34. The topological polar surface area (TPSA) is 37.8 Å². The summed E-state index contributed by atoms with van der Waals surface area (Å²) >= 11 is 5.96. The highest BCUT2D eigenvalue weighted by Gasteiger charge is 2.26. The van der Waals surface area contributed by atoms with Gasteiger partial charge in [0.15, 0.2) is 0 Å². The molecule has 0 saturated heterocycles. The molecule has 4 heteroatoms. The van der Waals surface area contributed by atoms with Crippen LogP contribution in [0.2, 0.25) is 0 Å². The van der Waals surface area contributed by atoms with Gasteiger partial charge in [-0.3, -0.25) is 0 Å². The number of hydrogen-bond donors (Lipinski definition) is 1. The van der Waals surface area contributed by atoms with E-state index in [-0.39, 0.29) is 0 Å². The van der Waals surface area contributed by atoms with Crippen molar-refractivity contribution < 1.29 is 0 Å². The number of rotatable bonds is 4. The third kappa shape index (κ3) is 3.32. The highest BCUT2D eigenvalue weighted by atomic mass is 35.5. The molecule has 0 spiro atoms. The zero-order valence-corrected chi connectivity index (χ0v) is 11.5. The Morgan fingerprint density at radius 3 is 2.71 bits per heavy atom. The summed E-state index contributed by atoms with van der Waals surface area (Å²) in [6.45, 7) is 7.24. The number of alkyl halides is 1. The van der Waals surface area contributed by atoms with Crippen LogP contribution in [0, 0.1) is 12.8 Å². The van der Waals surface area contributed by atoms with Crippen molar-refractivity contribution in [3.63, 3.8) is 0 Å². The molecule has 1 aliphatic rings. The quantitative estimate of drug-likeness (QED) is 0.837. The Balaban J connectivity index is 1.95. The molecule has 0 bridgehead atoms. The largest absolute Gasteiger partial charge is 0.354 e. The van der Waals surface area contributed by atoms with Crippen LogP contribution in [0.25, 0.3) is 0 Å². The maximum Gasteiger partial charge on any atom is 0.223 e. The first-order chi connectivity index (χ1) is 8.04. The summed E-state index contributed by atoms with van der Waals surface area (Å²) in [4.78, 5) is 8.94. The first kappa shape index (κ1) is 12.6. The Morgan fingerprint density at radius 2 is 2.12 bits per heavy atom. The molecule has 0 atom stereocenters. The summed E-state index contributed by atoms with van der Waals surface area (Å²) < 4.78 is 0. The van der Waals surface area contributed by atoms with Crippen molar-refractivity contribution in [3.05, 3.63) is 17.5 Å². The van der Waals surface area contributed by atoms with Crippen LogP contribution < -0.4 is 5.32 Å². The molecule has 0 aromatic carbocycles. The van der Waals surface area contributed by atoms with Gasteiger partial charge in [-0.1, -0.05) is 13.8 Å². The highest BCUT2D eigenvalue weighted by Crippen LogP contribution is 2.31. The SMILES string of the molecule is Cc1cc(C(C)C)nc(NCC2CC(Cl)C2)n1. The lowest BCUT2D eigenvalue weighted by Gasteiger charge is -2.30. The molecule has 0 amide bonds. The smallest absolute Gasteiger partial charge is 0.223 e. The van der Waals surface area contributed by atoms with Crippen molar-refractivity contribution in [3.8, 4) is 0 Å². The first-order valence-corrected chi connectivity index (χ1v) is 6.71. The number of nitrogens with one attached hydrogen (secondary N) is 1. The van der Waals surface area contributed by atoms with Crippen molar-refractivity contribution in [1.29, 1.82) is 0 Å². The second-order valence-corrected chi connectivity index (χ2v) is 5.85. The van der Waals surface area contributed by atoms with E-state index in [9.17, 15) is 0 Å². The lowest BCUT2D eigenvalue weighted by molar-refractivity contribution is 0.341. The molecule has 0 aliphatic heterocycles. The number of aromatic nitrogens is 2. The number of anilines is 1. The first-order valence-electron chi connectivity index (χ1n) is 6.28. The maximum atomic E-state index is 5.96. The van der Waals surface area contributed by atoms with Crippen LogP contribution in [0.15, 0.2) is 6.07 Å². The van der Waals surface area contributed by atoms with Gasteiger partial charge in [0.1, 0.15) is 0 Å². The molecule has 94 valence electrons. The Labute approximate surface area is 108 Å². The van der Waals surface area contributed by atoms with E-state index in [4.69, 9.17) is 11.6 Å². The van der Waals surface area contributed by atoms with Crippen LogP contribution in [0.4, 0.5) is 5.95 Å². The minimum absolute atomic E-state index is 0.381. The van der Waals surface area contributed by atoms with E-state index < -0.39 is 0 Å². The molecule has 1 N–H and O–H groups in total. The predicted molar refractivity (Wildman–Crippen MR) is 71.7 cm³/mol. The average Bonchev–Trinajstić information content (AvgIpc) is 2.22. The molecule has 1 heterocycles. The molecule has 1 saturated carbocycles. The minimum atomic E-state index is 0.381. The number of aryl methyl sites for hydroxylation is 1. The lowest BCUT2D eigenvalue weighted by atomic mass is 9.85. The number of halogens is 1. The average molecular weight is 254 g/mol. The fraction of sp³-hybridized carbons (Fsp3) is 0.692. The van der Waals surface area contributed by atoms with Crippen LogP contribution in [0.5, 0.6) is 0 Å². The van der Waals surface area contributed by atoms with Gasteiger partial charge in [-0.2, -0.15) is 0 Å². The van der Waals surface area contributed by atoms with E-state index in [2.05, 4.69) is 29.1 Å². The molecular weight excluding hydrogens is 234 g/mol. The van der Waals surface area contributed by atoms with Crippen LogP contribution in [-0.4, -0.2) is 21.9 Å². The lowest BCUT2D eigenvalue weighted by Crippen LogP contribution is -2.30. The van der Waals surface area contributed by atoms with Gasteiger partial charge in [0.25, 0.3) is 0 Å². The summed E-state index contributed by atoms with van der Waals surface area (Å²) in [6.07, 6.45) is 2.22.